The molecule has 0 aromatic heterocycles. The van der Waals surface area contributed by atoms with Crippen LogP contribution in [0.1, 0.15) is 30.0 Å². The van der Waals surface area contributed by atoms with Crippen LogP contribution in [0.2, 0.25) is 0 Å². The number of benzene rings is 2. The predicted octanol–water partition coefficient (Wildman–Crippen LogP) is 3.02. The molecule has 0 aliphatic heterocycles. The normalized spacial score (nSPS) is 16.8. The van der Waals surface area contributed by atoms with Crippen molar-refractivity contribution >= 4 is 21.4 Å². The summed E-state index contributed by atoms with van der Waals surface area (Å²) in [6.07, 6.45) is 2.90. The third-order valence-electron chi connectivity index (χ3n) is 4.91. The number of nitro benzene ring substituents is 1. The highest BCUT2D eigenvalue weighted by molar-refractivity contribution is 7.89. The van der Waals surface area contributed by atoms with Crippen LogP contribution in [0.3, 0.4) is 0 Å². The molecule has 2 aromatic carbocycles. The summed E-state index contributed by atoms with van der Waals surface area (Å²) in [5.41, 5.74) is 2.62. The summed E-state index contributed by atoms with van der Waals surface area (Å²) in [6, 6.07) is 12.2. The van der Waals surface area contributed by atoms with Crippen LogP contribution in [0.15, 0.2) is 47.4 Å². The van der Waals surface area contributed by atoms with Crippen molar-refractivity contribution < 1.29 is 13.3 Å². The van der Waals surface area contributed by atoms with Gasteiger partial charge in [0.25, 0.3) is 5.69 Å². The molecule has 0 fully saturated rings. The van der Waals surface area contributed by atoms with Crippen molar-refractivity contribution in [3.05, 3.63) is 63.7 Å². The summed E-state index contributed by atoms with van der Waals surface area (Å²) >= 11 is 0. The molecular formula is C18H21N3O4S. The number of aryl methyl sites for hydroxylation is 1. The van der Waals surface area contributed by atoms with Crippen molar-refractivity contribution in [2.24, 2.45) is 0 Å². The first-order chi connectivity index (χ1) is 12.3. The minimum atomic E-state index is -3.74. The molecular weight excluding hydrogens is 354 g/mol. The topological polar surface area (TPSA) is 92.6 Å². The standard InChI is InChI=1S/C18H21N3O4S/c1-19-26(24,25)14-10-11-17(18(12-14)21(22)23)20(2)16-9-5-7-13-6-3-4-8-15(13)16/h3-4,6,8,10-12,16,19H,5,7,9H2,1-2H3/t16-/m0/s1. The van der Waals surface area contributed by atoms with E-state index in [-0.39, 0.29) is 16.6 Å². The summed E-state index contributed by atoms with van der Waals surface area (Å²) in [5, 5.41) is 11.6. The zero-order valence-corrected chi connectivity index (χ0v) is 15.5. The molecule has 1 aliphatic carbocycles. The highest BCUT2D eigenvalue weighted by Gasteiger charge is 2.29. The van der Waals surface area contributed by atoms with Crippen LogP contribution in [0.5, 0.6) is 0 Å². The Kier molecular flexibility index (Phi) is 4.97. The second-order valence-electron chi connectivity index (χ2n) is 6.33. The Morgan fingerprint density at radius 3 is 2.65 bits per heavy atom. The number of rotatable bonds is 5. The number of nitrogens with zero attached hydrogens (tertiary/aromatic N) is 2. The van der Waals surface area contributed by atoms with Crippen LogP contribution in [0, 0.1) is 10.1 Å². The molecule has 0 spiro atoms. The average Bonchev–Trinajstić information content (AvgIpc) is 2.66. The zero-order chi connectivity index (χ0) is 18.9. The number of fused-ring (bicyclic) bond motifs is 1. The van der Waals surface area contributed by atoms with Crippen molar-refractivity contribution in [1.82, 2.24) is 4.72 Å². The lowest BCUT2D eigenvalue weighted by atomic mass is 9.87. The van der Waals surface area contributed by atoms with Gasteiger partial charge in [0.05, 0.1) is 15.9 Å². The Bertz CT molecular complexity index is 943. The predicted molar refractivity (Wildman–Crippen MR) is 99.9 cm³/mol. The van der Waals surface area contributed by atoms with Crippen molar-refractivity contribution in [1.29, 1.82) is 0 Å². The summed E-state index contributed by atoms with van der Waals surface area (Å²) in [7, 11) is -0.644. The number of sulfonamides is 1. The molecule has 138 valence electrons. The van der Waals surface area contributed by atoms with E-state index in [1.807, 2.05) is 24.1 Å². The van der Waals surface area contributed by atoms with Crippen LogP contribution < -0.4 is 9.62 Å². The van der Waals surface area contributed by atoms with E-state index in [0.717, 1.165) is 25.3 Å². The maximum atomic E-state index is 12.0. The van der Waals surface area contributed by atoms with Crippen LogP contribution >= 0.6 is 0 Å². The van der Waals surface area contributed by atoms with E-state index >= 15 is 0 Å². The fraction of sp³-hybridized carbons (Fsp3) is 0.333. The average molecular weight is 375 g/mol. The number of anilines is 1. The fourth-order valence-electron chi connectivity index (χ4n) is 3.53. The van der Waals surface area contributed by atoms with E-state index in [2.05, 4.69) is 16.9 Å². The Hall–Kier alpha value is -2.45. The zero-order valence-electron chi connectivity index (χ0n) is 14.7. The van der Waals surface area contributed by atoms with Gasteiger partial charge in [-0.05, 0) is 49.6 Å². The van der Waals surface area contributed by atoms with Gasteiger partial charge < -0.3 is 4.90 Å². The molecule has 7 nitrogen and oxygen atoms in total. The Morgan fingerprint density at radius 1 is 1.23 bits per heavy atom. The van der Waals surface area contributed by atoms with Crippen molar-refractivity contribution in [2.75, 3.05) is 19.0 Å². The monoisotopic (exact) mass is 375 g/mol. The van der Waals surface area contributed by atoms with Crippen LogP contribution in [-0.4, -0.2) is 27.4 Å². The van der Waals surface area contributed by atoms with Gasteiger partial charge in [-0.15, -0.1) is 0 Å². The first-order valence-electron chi connectivity index (χ1n) is 8.38. The van der Waals surface area contributed by atoms with E-state index < -0.39 is 14.9 Å². The molecule has 8 heteroatoms. The third kappa shape index (κ3) is 3.30. The second kappa shape index (κ2) is 7.05. The van der Waals surface area contributed by atoms with Gasteiger partial charge in [-0.2, -0.15) is 0 Å². The number of nitro groups is 1. The number of nitrogens with one attached hydrogen (secondary N) is 1. The van der Waals surface area contributed by atoms with Crippen LogP contribution in [0.25, 0.3) is 0 Å². The Balaban J connectivity index is 2.05. The SMILES string of the molecule is CNS(=O)(=O)c1ccc(N(C)[C@H]2CCCc3ccccc32)c([N+](=O)[O-])c1. The lowest BCUT2D eigenvalue weighted by Crippen LogP contribution is -2.28. The highest BCUT2D eigenvalue weighted by atomic mass is 32.2. The molecule has 26 heavy (non-hydrogen) atoms. The van der Waals surface area contributed by atoms with Gasteiger partial charge in [0.1, 0.15) is 5.69 Å². The van der Waals surface area contributed by atoms with Gasteiger partial charge in [0.2, 0.25) is 10.0 Å². The first-order valence-corrected chi connectivity index (χ1v) is 9.86. The molecule has 0 amide bonds. The minimum Gasteiger partial charge on any atom is -0.362 e. The molecule has 1 atom stereocenters. The van der Waals surface area contributed by atoms with Gasteiger partial charge in [-0.1, -0.05) is 24.3 Å². The minimum absolute atomic E-state index is 0.0189. The largest absolute Gasteiger partial charge is 0.362 e. The van der Waals surface area contributed by atoms with Crippen molar-refractivity contribution in [3.8, 4) is 0 Å². The van der Waals surface area contributed by atoms with Gasteiger partial charge in [-0.3, -0.25) is 10.1 Å². The van der Waals surface area contributed by atoms with Gasteiger partial charge in [0.15, 0.2) is 0 Å². The molecule has 0 saturated heterocycles. The lowest BCUT2D eigenvalue weighted by molar-refractivity contribution is -0.384. The molecule has 0 heterocycles. The molecule has 2 aromatic rings. The Morgan fingerprint density at radius 2 is 1.96 bits per heavy atom. The van der Waals surface area contributed by atoms with Crippen LogP contribution in [-0.2, 0) is 16.4 Å². The van der Waals surface area contributed by atoms with Gasteiger partial charge in [-0.25, -0.2) is 13.1 Å². The highest BCUT2D eigenvalue weighted by Crippen LogP contribution is 2.39. The maximum Gasteiger partial charge on any atom is 0.293 e. The first kappa shape index (κ1) is 18.3. The lowest BCUT2D eigenvalue weighted by Gasteiger charge is -2.34. The molecule has 1 aliphatic rings. The van der Waals surface area contributed by atoms with Crippen molar-refractivity contribution in [2.45, 2.75) is 30.2 Å². The van der Waals surface area contributed by atoms with Gasteiger partial charge in [0, 0.05) is 13.1 Å². The smallest absolute Gasteiger partial charge is 0.293 e. The van der Waals surface area contributed by atoms with E-state index in [4.69, 9.17) is 0 Å². The molecule has 0 bridgehead atoms. The second-order valence-corrected chi connectivity index (χ2v) is 8.22. The van der Waals surface area contributed by atoms with Crippen molar-refractivity contribution in [3.63, 3.8) is 0 Å². The Labute approximate surface area is 152 Å². The quantitative estimate of drug-likeness (QED) is 0.640. The summed E-state index contributed by atoms with van der Waals surface area (Å²) in [5.74, 6) is 0. The van der Waals surface area contributed by atoms with E-state index in [1.54, 1.807) is 0 Å². The van der Waals surface area contributed by atoms with E-state index in [9.17, 15) is 18.5 Å². The molecule has 0 radical (unpaired) electrons. The molecule has 1 N–H and O–H groups in total. The summed E-state index contributed by atoms with van der Waals surface area (Å²) < 4.78 is 26.1. The van der Waals surface area contributed by atoms with Crippen LogP contribution in [0.4, 0.5) is 11.4 Å². The maximum absolute atomic E-state index is 12.0. The molecule has 0 unspecified atom stereocenters. The number of hydrogen-bond acceptors (Lipinski definition) is 5. The summed E-state index contributed by atoms with van der Waals surface area (Å²) in [4.78, 5) is 12.8. The molecule has 3 rings (SSSR count). The fourth-order valence-corrected chi connectivity index (χ4v) is 4.28. The molecule has 0 saturated carbocycles. The van der Waals surface area contributed by atoms with E-state index in [0.29, 0.717) is 5.69 Å². The summed E-state index contributed by atoms with van der Waals surface area (Å²) in [6.45, 7) is 0. The third-order valence-corrected chi connectivity index (χ3v) is 6.32. The number of hydrogen-bond donors (Lipinski definition) is 1. The van der Waals surface area contributed by atoms with E-state index in [1.165, 1.54) is 30.3 Å². The van der Waals surface area contributed by atoms with Gasteiger partial charge >= 0.3 is 0 Å².